The number of pyridine rings is 1. The van der Waals surface area contributed by atoms with Crippen molar-refractivity contribution in [3.05, 3.63) is 75.9 Å². The van der Waals surface area contributed by atoms with E-state index in [0.29, 0.717) is 19.0 Å². The molecule has 0 atom stereocenters. The fourth-order valence-electron chi connectivity index (χ4n) is 2.65. The molecule has 0 fully saturated rings. The molecule has 0 aliphatic carbocycles. The van der Waals surface area contributed by atoms with E-state index < -0.39 is 0 Å². The van der Waals surface area contributed by atoms with Gasteiger partial charge in [-0.25, -0.2) is 9.97 Å². The van der Waals surface area contributed by atoms with Gasteiger partial charge in [0.05, 0.1) is 10.7 Å². The Morgan fingerprint density at radius 1 is 1.14 bits per heavy atom. The number of benzene rings is 1. The number of nitrogens with one attached hydrogen (secondary N) is 2. The average molecular weight is 523 g/mol. The van der Waals surface area contributed by atoms with E-state index in [2.05, 4.69) is 31.0 Å². The van der Waals surface area contributed by atoms with Gasteiger partial charge in [-0.2, -0.15) is 0 Å². The van der Waals surface area contributed by atoms with Crippen LogP contribution in [0.3, 0.4) is 0 Å². The van der Waals surface area contributed by atoms with Crippen molar-refractivity contribution in [2.75, 3.05) is 13.6 Å². The number of hydrogen-bond donors (Lipinski definition) is 2. The number of aliphatic imine (C=N–C) groups is 1. The summed E-state index contributed by atoms with van der Waals surface area (Å²) in [6, 6.07) is 14.0. The van der Waals surface area contributed by atoms with Crippen molar-refractivity contribution in [2.24, 2.45) is 4.99 Å². The Labute approximate surface area is 192 Å². The maximum atomic E-state index is 5.91. The molecule has 0 unspecified atom stereocenters. The minimum absolute atomic E-state index is 0. The van der Waals surface area contributed by atoms with Gasteiger partial charge in [0.25, 0.3) is 0 Å². The minimum Gasteiger partial charge on any atom is -0.473 e. The first-order valence-corrected chi connectivity index (χ1v) is 10.1. The van der Waals surface area contributed by atoms with Gasteiger partial charge in [-0.15, -0.1) is 35.3 Å². The number of nitrogens with zero attached hydrogens (tertiary/aromatic N) is 3. The fraction of sp³-hybridized carbons (Fsp3) is 0.286. The van der Waals surface area contributed by atoms with Gasteiger partial charge in [0.1, 0.15) is 6.61 Å². The Balaban J connectivity index is 0.00000300. The van der Waals surface area contributed by atoms with Crippen molar-refractivity contribution < 1.29 is 4.74 Å². The molecular formula is C21H26IN5OS. The lowest BCUT2D eigenvalue weighted by molar-refractivity contribution is 0.290. The average Bonchev–Trinajstić information content (AvgIpc) is 3.15. The van der Waals surface area contributed by atoms with Crippen molar-refractivity contribution in [2.45, 2.75) is 26.5 Å². The Morgan fingerprint density at radius 2 is 1.97 bits per heavy atom. The van der Waals surface area contributed by atoms with Gasteiger partial charge in [-0.3, -0.25) is 4.99 Å². The molecule has 2 N–H and O–H groups in total. The van der Waals surface area contributed by atoms with Crippen LogP contribution in [0.4, 0.5) is 0 Å². The topological polar surface area (TPSA) is 71.4 Å². The highest BCUT2D eigenvalue weighted by atomic mass is 127. The molecule has 0 spiro atoms. The van der Waals surface area contributed by atoms with Crippen LogP contribution < -0.4 is 15.4 Å². The molecule has 2 heterocycles. The molecule has 0 bridgehead atoms. The number of rotatable bonds is 8. The normalized spacial score (nSPS) is 10.9. The third-order valence-corrected chi connectivity index (χ3v) is 4.90. The lowest BCUT2D eigenvalue weighted by Crippen LogP contribution is -2.38. The van der Waals surface area contributed by atoms with E-state index in [1.54, 1.807) is 24.6 Å². The van der Waals surface area contributed by atoms with E-state index in [9.17, 15) is 0 Å². The third kappa shape index (κ3) is 7.62. The molecule has 3 rings (SSSR count). The van der Waals surface area contributed by atoms with Crippen LogP contribution in [-0.2, 0) is 19.6 Å². The van der Waals surface area contributed by atoms with Crippen LogP contribution in [0.15, 0.2) is 59.0 Å². The molecule has 0 saturated heterocycles. The number of thiazole rings is 1. The van der Waals surface area contributed by atoms with Crippen LogP contribution in [-0.4, -0.2) is 29.5 Å². The minimum atomic E-state index is 0. The monoisotopic (exact) mass is 523 g/mol. The van der Waals surface area contributed by atoms with Gasteiger partial charge >= 0.3 is 0 Å². The Morgan fingerprint density at radius 3 is 2.69 bits per heavy atom. The Hall–Kier alpha value is -2.20. The van der Waals surface area contributed by atoms with Crippen LogP contribution in [0, 0.1) is 6.92 Å². The van der Waals surface area contributed by atoms with Crippen LogP contribution in [0.2, 0.25) is 0 Å². The molecule has 154 valence electrons. The number of aromatic nitrogens is 2. The van der Waals surface area contributed by atoms with Crippen molar-refractivity contribution >= 4 is 41.3 Å². The van der Waals surface area contributed by atoms with Gasteiger partial charge in [-0.05, 0) is 18.6 Å². The van der Waals surface area contributed by atoms with Crippen LogP contribution in [0.1, 0.15) is 21.8 Å². The molecule has 1 aromatic carbocycles. The molecule has 6 nitrogen and oxygen atoms in total. The molecule has 0 aliphatic heterocycles. The van der Waals surface area contributed by atoms with Gasteiger partial charge in [0, 0.05) is 43.7 Å². The standard InChI is InChI=1S/C21H25N5OS.HI/c1-16-26-19(15-28-16)10-12-24-21(22-2)25-13-18-9-6-11-23-20(18)27-14-17-7-4-3-5-8-17;/h3-9,11,15H,10,12-14H2,1-2H3,(H2,22,24,25);1H. The van der Waals surface area contributed by atoms with Gasteiger partial charge in [0.15, 0.2) is 5.96 Å². The number of guanidine groups is 1. The van der Waals surface area contributed by atoms with E-state index in [-0.39, 0.29) is 24.0 Å². The first-order chi connectivity index (χ1) is 13.7. The summed E-state index contributed by atoms with van der Waals surface area (Å²) >= 11 is 1.68. The van der Waals surface area contributed by atoms with Crippen molar-refractivity contribution in [3.8, 4) is 5.88 Å². The second kappa shape index (κ2) is 12.4. The van der Waals surface area contributed by atoms with Gasteiger partial charge in [-0.1, -0.05) is 36.4 Å². The fourth-order valence-corrected chi connectivity index (χ4v) is 3.29. The quantitative estimate of drug-likeness (QED) is 0.266. The number of halogens is 1. The van der Waals surface area contributed by atoms with Crippen molar-refractivity contribution in [1.82, 2.24) is 20.6 Å². The zero-order valence-corrected chi connectivity index (χ0v) is 19.7. The largest absolute Gasteiger partial charge is 0.473 e. The van der Waals surface area contributed by atoms with E-state index >= 15 is 0 Å². The summed E-state index contributed by atoms with van der Waals surface area (Å²) in [4.78, 5) is 13.1. The highest BCUT2D eigenvalue weighted by Gasteiger charge is 2.07. The van der Waals surface area contributed by atoms with Crippen molar-refractivity contribution in [1.29, 1.82) is 0 Å². The Kier molecular flexibility index (Phi) is 9.85. The second-order valence-electron chi connectivity index (χ2n) is 6.20. The van der Waals surface area contributed by atoms with Crippen LogP contribution in [0.25, 0.3) is 0 Å². The summed E-state index contributed by atoms with van der Waals surface area (Å²) in [5.41, 5.74) is 3.20. The van der Waals surface area contributed by atoms with E-state index in [0.717, 1.165) is 40.8 Å². The number of ether oxygens (including phenoxy) is 1. The first kappa shape index (κ1) is 23.1. The predicted molar refractivity (Wildman–Crippen MR) is 129 cm³/mol. The predicted octanol–water partition coefficient (Wildman–Crippen LogP) is 3.95. The zero-order valence-electron chi connectivity index (χ0n) is 16.6. The summed E-state index contributed by atoms with van der Waals surface area (Å²) in [6.45, 7) is 3.86. The maximum Gasteiger partial charge on any atom is 0.218 e. The molecule has 0 aliphatic rings. The maximum absolute atomic E-state index is 5.91. The molecule has 0 radical (unpaired) electrons. The summed E-state index contributed by atoms with van der Waals surface area (Å²) in [6.07, 6.45) is 2.61. The first-order valence-electron chi connectivity index (χ1n) is 9.20. The van der Waals surface area contributed by atoms with Crippen molar-refractivity contribution in [3.63, 3.8) is 0 Å². The van der Waals surface area contributed by atoms with Gasteiger partial charge in [0.2, 0.25) is 5.88 Å². The molecule has 2 aromatic heterocycles. The van der Waals surface area contributed by atoms with E-state index in [1.165, 1.54) is 0 Å². The highest BCUT2D eigenvalue weighted by Crippen LogP contribution is 2.16. The second-order valence-corrected chi connectivity index (χ2v) is 7.26. The smallest absolute Gasteiger partial charge is 0.218 e. The Bertz CT molecular complexity index is 901. The summed E-state index contributed by atoms with van der Waals surface area (Å²) in [5, 5.41) is 9.82. The third-order valence-electron chi connectivity index (χ3n) is 4.08. The lowest BCUT2D eigenvalue weighted by atomic mass is 10.2. The number of aryl methyl sites for hydroxylation is 1. The number of hydrogen-bond acceptors (Lipinski definition) is 5. The van der Waals surface area contributed by atoms with E-state index in [1.807, 2.05) is 49.4 Å². The summed E-state index contributed by atoms with van der Waals surface area (Å²) in [5.74, 6) is 1.37. The molecule has 0 saturated carbocycles. The van der Waals surface area contributed by atoms with Gasteiger partial charge < -0.3 is 15.4 Å². The molecule has 29 heavy (non-hydrogen) atoms. The van der Waals surface area contributed by atoms with Crippen LogP contribution >= 0.6 is 35.3 Å². The van der Waals surface area contributed by atoms with E-state index in [4.69, 9.17) is 4.74 Å². The molecular weight excluding hydrogens is 497 g/mol. The molecule has 0 amide bonds. The van der Waals surface area contributed by atoms with Crippen LogP contribution in [0.5, 0.6) is 5.88 Å². The summed E-state index contributed by atoms with van der Waals surface area (Å²) < 4.78 is 5.91. The SMILES string of the molecule is CN=C(NCCc1csc(C)n1)NCc1cccnc1OCc1ccccc1.I. The lowest BCUT2D eigenvalue weighted by Gasteiger charge is -2.14. The zero-order chi connectivity index (χ0) is 19.6. The molecule has 8 heteroatoms. The summed E-state index contributed by atoms with van der Waals surface area (Å²) in [7, 11) is 1.76. The highest BCUT2D eigenvalue weighted by molar-refractivity contribution is 14.0. The molecule has 3 aromatic rings.